The molecular formula is C14H30N2O3. The molecular weight excluding hydrogens is 244 g/mol. The highest BCUT2D eigenvalue weighted by atomic mass is 16.5. The topological polar surface area (TPSA) is 43.0 Å². The Morgan fingerprint density at radius 3 is 1.89 bits per heavy atom. The first-order chi connectivity index (χ1) is 9.20. The Bertz CT molecular complexity index is 213. The molecule has 0 radical (unpaired) electrons. The molecule has 5 nitrogen and oxygen atoms in total. The van der Waals surface area contributed by atoms with Crippen molar-refractivity contribution in [2.45, 2.75) is 26.4 Å². The van der Waals surface area contributed by atoms with Crippen LogP contribution in [0.5, 0.6) is 0 Å². The molecule has 114 valence electrons. The molecule has 1 aliphatic heterocycles. The summed E-state index contributed by atoms with van der Waals surface area (Å²) >= 11 is 0. The second-order valence-electron chi connectivity index (χ2n) is 5.14. The largest absolute Gasteiger partial charge is 0.380 e. The van der Waals surface area contributed by atoms with E-state index in [-0.39, 0.29) is 5.60 Å². The van der Waals surface area contributed by atoms with Gasteiger partial charge in [-0.3, -0.25) is 4.90 Å². The molecule has 0 atom stereocenters. The van der Waals surface area contributed by atoms with Crippen molar-refractivity contribution >= 4 is 0 Å². The van der Waals surface area contributed by atoms with Gasteiger partial charge in [0.15, 0.2) is 0 Å². The molecule has 0 spiro atoms. The number of hydrogen-bond donors (Lipinski definition) is 1. The van der Waals surface area contributed by atoms with Crippen LogP contribution < -0.4 is 5.32 Å². The van der Waals surface area contributed by atoms with Gasteiger partial charge < -0.3 is 19.5 Å². The van der Waals surface area contributed by atoms with Gasteiger partial charge >= 0.3 is 0 Å². The van der Waals surface area contributed by atoms with Crippen LogP contribution in [-0.4, -0.2) is 76.3 Å². The zero-order chi connectivity index (χ0) is 14.0. The molecule has 1 rings (SSSR count). The van der Waals surface area contributed by atoms with E-state index in [1.807, 2.05) is 13.8 Å². The predicted molar refractivity (Wildman–Crippen MR) is 76.7 cm³/mol. The number of hydrogen-bond acceptors (Lipinski definition) is 5. The summed E-state index contributed by atoms with van der Waals surface area (Å²) in [5.41, 5.74) is 0.0471. The van der Waals surface area contributed by atoms with Gasteiger partial charge in [0.05, 0.1) is 25.4 Å². The Kier molecular flexibility index (Phi) is 8.57. The molecule has 0 aliphatic carbocycles. The summed E-state index contributed by atoms with van der Waals surface area (Å²) in [6.45, 7) is 14.9. The van der Waals surface area contributed by atoms with Crippen molar-refractivity contribution in [1.29, 1.82) is 0 Å². The van der Waals surface area contributed by atoms with E-state index in [2.05, 4.69) is 17.1 Å². The number of rotatable bonds is 12. The lowest BCUT2D eigenvalue weighted by Crippen LogP contribution is -2.59. The van der Waals surface area contributed by atoms with Gasteiger partial charge in [0.1, 0.15) is 0 Å². The van der Waals surface area contributed by atoms with Gasteiger partial charge in [-0.15, -0.1) is 0 Å². The Morgan fingerprint density at radius 2 is 1.47 bits per heavy atom. The lowest BCUT2D eigenvalue weighted by atomic mass is 10.0. The molecule has 1 heterocycles. The standard InChI is InChI=1S/C14H30N2O3/c1-4-17-9-6-16(7-10-18-5-2)8-11-19-14(3)12-15-13-14/h15H,4-13H2,1-3H3. The van der Waals surface area contributed by atoms with E-state index in [1.54, 1.807) is 0 Å². The van der Waals surface area contributed by atoms with E-state index in [0.29, 0.717) is 0 Å². The Balaban J connectivity index is 2.14. The summed E-state index contributed by atoms with van der Waals surface area (Å²) in [5.74, 6) is 0. The summed E-state index contributed by atoms with van der Waals surface area (Å²) in [7, 11) is 0. The maximum Gasteiger partial charge on any atom is 0.0902 e. The Labute approximate surface area is 117 Å². The molecule has 1 N–H and O–H groups in total. The monoisotopic (exact) mass is 274 g/mol. The van der Waals surface area contributed by atoms with Crippen molar-refractivity contribution in [2.75, 3.05) is 65.8 Å². The van der Waals surface area contributed by atoms with Crippen LogP contribution in [-0.2, 0) is 14.2 Å². The smallest absolute Gasteiger partial charge is 0.0902 e. The maximum absolute atomic E-state index is 5.92. The summed E-state index contributed by atoms with van der Waals surface area (Å²) < 4.78 is 16.8. The highest BCUT2D eigenvalue weighted by Gasteiger charge is 2.32. The van der Waals surface area contributed by atoms with Gasteiger partial charge in [-0.05, 0) is 20.8 Å². The lowest BCUT2D eigenvalue weighted by Gasteiger charge is -2.39. The van der Waals surface area contributed by atoms with Gasteiger partial charge in [-0.25, -0.2) is 0 Å². The van der Waals surface area contributed by atoms with Crippen molar-refractivity contribution in [2.24, 2.45) is 0 Å². The summed E-state index contributed by atoms with van der Waals surface area (Å²) in [6.07, 6.45) is 0. The summed E-state index contributed by atoms with van der Waals surface area (Å²) in [6, 6.07) is 0. The van der Waals surface area contributed by atoms with Crippen molar-refractivity contribution < 1.29 is 14.2 Å². The minimum Gasteiger partial charge on any atom is -0.380 e. The second-order valence-corrected chi connectivity index (χ2v) is 5.14. The highest BCUT2D eigenvalue weighted by molar-refractivity contribution is 4.90. The van der Waals surface area contributed by atoms with Crippen LogP contribution in [0.25, 0.3) is 0 Å². The molecule has 5 heteroatoms. The van der Waals surface area contributed by atoms with E-state index in [4.69, 9.17) is 14.2 Å². The SMILES string of the molecule is CCOCCN(CCOCC)CCOC1(C)CNC1. The van der Waals surface area contributed by atoms with Gasteiger partial charge in [0.2, 0.25) is 0 Å². The third-order valence-corrected chi connectivity index (χ3v) is 3.37. The first kappa shape index (κ1) is 16.9. The van der Waals surface area contributed by atoms with Gasteiger partial charge in [0, 0.05) is 45.9 Å². The highest BCUT2D eigenvalue weighted by Crippen LogP contribution is 2.14. The normalized spacial score (nSPS) is 17.7. The van der Waals surface area contributed by atoms with Crippen molar-refractivity contribution in [3.63, 3.8) is 0 Å². The van der Waals surface area contributed by atoms with Crippen molar-refractivity contribution in [1.82, 2.24) is 10.2 Å². The zero-order valence-electron chi connectivity index (χ0n) is 12.7. The van der Waals surface area contributed by atoms with E-state index in [1.165, 1.54) is 0 Å². The second kappa shape index (κ2) is 9.66. The molecule has 0 saturated carbocycles. The molecule has 19 heavy (non-hydrogen) atoms. The number of nitrogens with one attached hydrogen (secondary N) is 1. The first-order valence-electron chi connectivity index (χ1n) is 7.42. The predicted octanol–water partition coefficient (Wildman–Crippen LogP) is 0.740. The van der Waals surface area contributed by atoms with E-state index in [9.17, 15) is 0 Å². The van der Waals surface area contributed by atoms with Crippen molar-refractivity contribution in [3.05, 3.63) is 0 Å². The lowest BCUT2D eigenvalue weighted by molar-refractivity contribution is -0.0739. The number of nitrogens with zero attached hydrogens (tertiary/aromatic N) is 1. The molecule has 0 unspecified atom stereocenters. The van der Waals surface area contributed by atoms with Crippen LogP contribution in [0, 0.1) is 0 Å². The molecule has 0 bridgehead atoms. The van der Waals surface area contributed by atoms with Crippen LogP contribution >= 0.6 is 0 Å². The molecule has 0 aromatic heterocycles. The summed E-state index contributed by atoms with van der Waals surface area (Å²) in [5, 5.41) is 3.25. The Morgan fingerprint density at radius 1 is 0.947 bits per heavy atom. The van der Waals surface area contributed by atoms with Crippen molar-refractivity contribution in [3.8, 4) is 0 Å². The van der Waals surface area contributed by atoms with Crippen LogP contribution in [0.2, 0.25) is 0 Å². The maximum atomic E-state index is 5.92. The molecule has 1 saturated heterocycles. The molecule has 1 aliphatic rings. The molecule has 0 amide bonds. The molecule has 0 aromatic carbocycles. The van der Waals surface area contributed by atoms with E-state index < -0.39 is 0 Å². The average Bonchev–Trinajstić information content (AvgIpc) is 2.36. The van der Waals surface area contributed by atoms with Crippen LogP contribution in [0.4, 0.5) is 0 Å². The fourth-order valence-corrected chi connectivity index (χ4v) is 2.01. The van der Waals surface area contributed by atoms with Gasteiger partial charge in [0.25, 0.3) is 0 Å². The Hall–Kier alpha value is -0.200. The minimum atomic E-state index is 0.0471. The summed E-state index contributed by atoms with van der Waals surface area (Å²) in [4.78, 5) is 2.35. The van der Waals surface area contributed by atoms with Crippen LogP contribution in [0.15, 0.2) is 0 Å². The average molecular weight is 274 g/mol. The van der Waals surface area contributed by atoms with E-state index in [0.717, 1.165) is 65.8 Å². The molecule has 1 fully saturated rings. The van der Waals surface area contributed by atoms with E-state index >= 15 is 0 Å². The van der Waals surface area contributed by atoms with Gasteiger partial charge in [-0.2, -0.15) is 0 Å². The first-order valence-corrected chi connectivity index (χ1v) is 7.42. The van der Waals surface area contributed by atoms with Crippen LogP contribution in [0.3, 0.4) is 0 Å². The molecule has 0 aromatic rings. The zero-order valence-corrected chi connectivity index (χ0v) is 12.7. The third-order valence-electron chi connectivity index (χ3n) is 3.37. The quantitative estimate of drug-likeness (QED) is 0.532. The fraction of sp³-hybridized carbons (Fsp3) is 1.00. The number of ether oxygens (including phenoxy) is 3. The minimum absolute atomic E-state index is 0.0471. The third kappa shape index (κ3) is 7.22. The van der Waals surface area contributed by atoms with Crippen LogP contribution in [0.1, 0.15) is 20.8 Å². The van der Waals surface area contributed by atoms with Gasteiger partial charge in [-0.1, -0.05) is 0 Å². The fourth-order valence-electron chi connectivity index (χ4n) is 2.01.